The third kappa shape index (κ3) is 4.05. The Kier molecular flexibility index (Phi) is 5.28. The molecule has 3 rings (SSSR count). The maximum absolute atomic E-state index is 13.9. The fourth-order valence-corrected chi connectivity index (χ4v) is 3.47. The van der Waals surface area contributed by atoms with Gasteiger partial charge in [0.05, 0.1) is 5.69 Å². The van der Waals surface area contributed by atoms with Crippen LogP contribution in [0.3, 0.4) is 0 Å². The van der Waals surface area contributed by atoms with Gasteiger partial charge in [0.2, 0.25) is 0 Å². The Balaban J connectivity index is 1.90. The van der Waals surface area contributed by atoms with E-state index in [0.29, 0.717) is 11.3 Å². The normalized spacial score (nSPS) is 17.3. The number of hydrogen-bond acceptors (Lipinski definition) is 3. The number of carbonyl (C=O) groups is 1. The zero-order chi connectivity index (χ0) is 18.8. The summed E-state index contributed by atoms with van der Waals surface area (Å²) < 4.78 is 19.5. The van der Waals surface area contributed by atoms with Crippen LogP contribution >= 0.6 is 0 Å². The number of anilines is 1. The summed E-state index contributed by atoms with van der Waals surface area (Å²) in [6, 6.07) is 10.5. The van der Waals surface area contributed by atoms with Gasteiger partial charge in [0, 0.05) is 25.7 Å². The first-order valence-electron chi connectivity index (χ1n) is 8.84. The maximum Gasteiger partial charge on any atom is 0.414 e. The van der Waals surface area contributed by atoms with Gasteiger partial charge < -0.3 is 9.64 Å². The molecule has 4 nitrogen and oxygen atoms in total. The smallest absolute Gasteiger partial charge is 0.414 e. The van der Waals surface area contributed by atoms with Crippen molar-refractivity contribution < 1.29 is 13.9 Å². The average Bonchev–Trinajstić information content (AvgIpc) is 2.98. The molecule has 0 unspecified atom stereocenters. The molecule has 138 valence electrons. The van der Waals surface area contributed by atoms with E-state index >= 15 is 0 Å². The molecule has 1 amide bonds. The van der Waals surface area contributed by atoms with Crippen molar-refractivity contribution in [2.75, 3.05) is 32.1 Å². The number of ether oxygens (including phenoxy) is 1. The molecule has 0 radical (unpaired) electrons. The van der Waals surface area contributed by atoms with Crippen molar-refractivity contribution in [3.8, 4) is 11.1 Å². The summed E-state index contributed by atoms with van der Waals surface area (Å²) in [4.78, 5) is 16.2. The average molecular weight is 356 g/mol. The molecule has 1 aliphatic rings. The number of amides is 1. The Labute approximate surface area is 154 Å². The predicted molar refractivity (Wildman–Crippen MR) is 102 cm³/mol. The van der Waals surface area contributed by atoms with E-state index in [-0.39, 0.29) is 11.9 Å². The highest BCUT2D eigenvalue weighted by Gasteiger charge is 2.26. The molecular formula is C21H25FN2O2. The number of hydrogen-bond donors (Lipinski definition) is 0. The number of aryl methyl sites for hydroxylation is 2. The fraction of sp³-hybridized carbons (Fsp3) is 0.381. The van der Waals surface area contributed by atoms with Crippen molar-refractivity contribution in [3.05, 3.63) is 53.3 Å². The van der Waals surface area contributed by atoms with Gasteiger partial charge in [0.1, 0.15) is 11.9 Å². The molecule has 1 saturated heterocycles. The van der Waals surface area contributed by atoms with Crippen LogP contribution < -0.4 is 4.90 Å². The third-order valence-corrected chi connectivity index (χ3v) is 4.74. The summed E-state index contributed by atoms with van der Waals surface area (Å²) in [5.74, 6) is -0.331. The number of carbonyl (C=O) groups excluding carboxylic acids is 1. The molecule has 1 aliphatic heterocycles. The Morgan fingerprint density at radius 3 is 2.50 bits per heavy atom. The van der Waals surface area contributed by atoms with Gasteiger partial charge in [-0.3, -0.25) is 4.90 Å². The monoisotopic (exact) mass is 356 g/mol. The zero-order valence-electron chi connectivity index (χ0n) is 15.8. The third-order valence-electron chi connectivity index (χ3n) is 4.74. The van der Waals surface area contributed by atoms with Crippen molar-refractivity contribution >= 4 is 11.8 Å². The van der Waals surface area contributed by atoms with Crippen LogP contribution in [0.4, 0.5) is 14.9 Å². The first-order chi connectivity index (χ1) is 12.3. The second-order valence-electron chi connectivity index (χ2n) is 7.15. The highest BCUT2D eigenvalue weighted by Crippen LogP contribution is 2.33. The van der Waals surface area contributed by atoms with Gasteiger partial charge in [-0.05, 0) is 51.1 Å². The van der Waals surface area contributed by atoms with Gasteiger partial charge in [-0.25, -0.2) is 9.18 Å². The molecule has 1 heterocycles. The standard InChI is InChI=1S/C21H25FN2O2/c1-14-9-15(2)11-16(10-14)19-12-17(22)5-6-20(19)24(4)21(25)26-18-7-8-23(3)13-18/h5-6,9-12,18H,7-8,13H2,1-4H3/t18-/m0/s1. The van der Waals surface area contributed by atoms with Gasteiger partial charge in [0.25, 0.3) is 0 Å². The quantitative estimate of drug-likeness (QED) is 0.818. The highest BCUT2D eigenvalue weighted by atomic mass is 19.1. The summed E-state index contributed by atoms with van der Waals surface area (Å²) >= 11 is 0. The lowest BCUT2D eigenvalue weighted by atomic mass is 9.99. The fourth-order valence-electron chi connectivity index (χ4n) is 3.47. The molecule has 2 aromatic rings. The molecule has 0 N–H and O–H groups in total. The van der Waals surface area contributed by atoms with Crippen LogP contribution in [0.1, 0.15) is 17.5 Å². The summed E-state index contributed by atoms with van der Waals surface area (Å²) in [6.45, 7) is 5.67. The maximum atomic E-state index is 13.9. The molecule has 0 saturated carbocycles. The highest BCUT2D eigenvalue weighted by molar-refractivity contribution is 5.93. The van der Waals surface area contributed by atoms with Crippen molar-refractivity contribution in [2.24, 2.45) is 0 Å². The topological polar surface area (TPSA) is 32.8 Å². The van der Waals surface area contributed by atoms with Crippen LogP contribution in [0.15, 0.2) is 36.4 Å². The van der Waals surface area contributed by atoms with Crippen LogP contribution in [-0.2, 0) is 4.74 Å². The first kappa shape index (κ1) is 18.4. The lowest BCUT2D eigenvalue weighted by Crippen LogP contribution is -2.32. The molecular weight excluding hydrogens is 331 g/mol. The van der Waals surface area contributed by atoms with E-state index in [1.807, 2.05) is 33.0 Å². The Bertz CT molecular complexity index is 801. The largest absolute Gasteiger partial charge is 0.444 e. The zero-order valence-corrected chi connectivity index (χ0v) is 15.8. The lowest BCUT2D eigenvalue weighted by molar-refractivity contribution is 0.110. The Hall–Kier alpha value is -2.40. The van der Waals surface area contributed by atoms with E-state index in [4.69, 9.17) is 4.74 Å². The van der Waals surface area contributed by atoms with E-state index in [2.05, 4.69) is 11.0 Å². The number of rotatable bonds is 3. The van der Waals surface area contributed by atoms with Crippen LogP contribution in [-0.4, -0.2) is 44.3 Å². The lowest BCUT2D eigenvalue weighted by Gasteiger charge is -2.23. The van der Waals surface area contributed by atoms with Crippen LogP contribution in [0, 0.1) is 19.7 Å². The van der Waals surface area contributed by atoms with Crippen LogP contribution in [0.2, 0.25) is 0 Å². The van der Waals surface area contributed by atoms with E-state index in [0.717, 1.165) is 36.2 Å². The van der Waals surface area contributed by atoms with Crippen molar-refractivity contribution in [1.29, 1.82) is 0 Å². The number of likely N-dealkylation sites (N-methyl/N-ethyl adjacent to an activating group) is 1. The SMILES string of the molecule is Cc1cc(C)cc(-c2cc(F)ccc2N(C)C(=O)O[C@H]2CCN(C)C2)c1. The minimum absolute atomic E-state index is 0.0972. The van der Waals surface area contributed by atoms with Gasteiger partial charge in [-0.2, -0.15) is 0 Å². The van der Waals surface area contributed by atoms with Crippen molar-refractivity contribution in [3.63, 3.8) is 0 Å². The molecule has 26 heavy (non-hydrogen) atoms. The molecule has 0 aromatic heterocycles. The molecule has 0 bridgehead atoms. The molecule has 0 aliphatic carbocycles. The molecule has 1 fully saturated rings. The van der Waals surface area contributed by atoms with E-state index in [1.165, 1.54) is 17.0 Å². The molecule has 5 heteroatoms. The Morgan fingerprint density at radius 1 is 1.19 bits per heavy atom. The minimum atomic E-state index is -0.414. The molecule has 2 aromatic carbocycles. The second-order valence-corrected chi connectivity index (χ2v) is 7.15. The predicted octanol–water partition coefficient (Wildman–Crippen LogP) is 4.39. The molecule has 1 atom stereocenters. The number of likely N-dealkylation sites (tertiary alicyclic amines) is 1. The second kappa shape index (κ2) is 7.46. The van der Waals surface area contributed by atoms with E-state index in [1.54, 1.807) is 13.1 Å². The molecule has 0 spiro atoms. The minimum Gasteiger partial charge on any atom is -0.444 e. The number of nitrogens with zero attached hydrogens (tertiary/aromatic N) is 2. The van der Waals surface area contributed by atoms with Crippen molar-refractivity contribution in [1.82, 2.24) is 4.90 Å². The summed E-state index contributed by atoms with van der Waals surface area (Å²) in [5, 5.41) is 0. The van der Waals surface area contributed by atoms with Crippen LogP contribution in [0.25, 0.3) is 11.1 Å². The van der Waals surface area contributed by atoms with Gasteiger partial charge in [-0.15, -0.1) is 0 Å². The first-order valence-corrected chi connectivity index (χ1v) is 8.84. The number of halogens is 1. The number of benzene rings is 2. The summed E-state index contributed by atoms with van der Waals surface area (Å²) in [6.07, 6.45) is 0.325. The van der Waals surface area contributed by atoms with Crippen LogP contribution in [0.5, 0.6) is 0 Å². The van der Waals surface area contributed by atoms with E-state index < -0.39 is 6.09 Å². The van der Waals surface area contributed by atoms with Crippen molar-refractivity contribution in [2.45, 2.75) is 26.4 Å². The summed E-state index contributed by atoms with van der Waals surface area (Å²) in [7, 11) is 3.68. The van der Waals surface area contributed by atoms with Gasteiger partial charge in [0.15, 0.2) is 0 Å². The van der Waals surface area contributed by atoms with Gasteiger partial charge in [-0.1, -0.05) is 29.3 Å². The Morgan fingerprint density at radius 2 is 1.88 bits per heavy atom. The van der Waals surface area contributed by atoms with E-state index in [9.17, 15) is 9.18 Å². The summed E-state index contributed by atoms with van der Waals surface area (Å²) in [5.41, 5.74) is 4.38. The van der Waals surface area contributed by atoms with Gasteiger partial charge >= 0.3 is 6.09 Å².